The van der Waals surface area contributed by atoms with Gasteiger partial charge in [-0.2, -0.15) is 0 Å². The lowest BCUT2D eigenvalue weighted by atomic mass is 10.1. The number of hydrogen-bond donors (Lipinski definition) is 1. The average molecular weight is 461 g/mol. The van der Waals surface area contributed by atoms with E-state index in [2.05, 4.69) is 10.3 Å². The first-order valence-corrected chi connectivity index (χ1v) is 10.1. The van der Waals surface area contributed by atoms with E-state index in [1.807, 2.05) is 0 Å². The van der Waals surface area contributed by atoms with Crippen LogP contribution < -0.4 is 15.0 Å². The van der Waals surface area contributed by atoms with Crippen molar-refractivity contribution in [1.82, 2.24) is 14.9 Å². The lowest BCUT2D eigenvalue weighted by Gasteiger charge is -2.26. The number of hydrogen-bond acceptors (Lipinski definition) is 7. The van der Waals surface area contributed by atoms with Crippen molar-refractivity contribution in [3.05, 3.63) is 81.4 Å². The molecule has 1 aliphatic heterocycles. The van der Waals surface area contributed by atoms with Gasteiger partial charge in [0.25, 0.3) is 17.5 Å². The summed E-state index contributed by atoms with van der Waals surface area (Å²) in [6.07, 6.45) is 4.21. The zero-order valence-electron chi connectivity index (χ0n) is 18.4. The van der Waals surface area contributed by atoms with Gasteiger partial charge in [0.1, 0.15) is 17.0 Å². The molecule has 172 valence electrons. The Labute approximate surface area is 193 Å². The summed E-state index contributed by atoms with van der Waals surface area (Å²) in [6, 6.07) is 8.27. The number of carbonyl (C=O) groups is 3. The van der Waals surface area contributed by atoms with Crippen LogP contribution in [0.2, 0.25) is 0 Å². The van der Waals surface area contributed by atoms with Crippen LogP contribution in [0.5, 0.6) is 5.75 Å². The minimum absolute atomic E-state index is 0.165. The Morgan fingerprint density at radius 2 is 1.79 bits per heavy atom. The predicted molar refractivity (Wildman–Crippen MR) is 122 cm³/mol. The second kappa shape index (κ2) is 8.62. The van der Waals surface area contributed by atoms with Crippen molar-refractivity contribution >= 4 is 35.3 Å². The van der Waals surface area contributed by atoms with Crippen LogP contribution in [-0.2, 0) is 9.59 Å². The van der Waals surface area contributed by atoms with E-state index in [1.165, 1.54) is 43.8 Å². The highest BCUT2D eigenvalue weighted by Crippen LogP contribution is 2.32. The van der Waals surface area contributed by atoms with Crippen molar-refractivity contribution in [3.8, 4) is 11.4 Å². The zero-order chi connectivity index (χ0) is 24.6. The summed E-state index contributed by atoms with van der Waals surface area (Å²) in [5.74, 6) is -1.29. The highest BCUT2D eigenvalue weighted by molar-refractivity contribution is 6.39. The maximum atomic E-state index is 13.1. The second-order valence-corrected chi connectivity index (χ2v) is 7.44. The molecule has 3 heterocycles. The second-order valence-electron chi connectivity index (χ2n) is 7.44. The van der Waals surface area contributed by atoms with Crippen LogP contribution in [0.3, 0.4) is 0 Å². The van der Waals surface area contributed by atoms with Crippen LogP contribution in [0, 0.1) is 24.0 Å². The molecule has 1 fully saturated rings. The van der Waals surface area contributed by atoms with Crippen molar-refractivity contribution in [1.29, 1.82) is 0 Å². The highest BCUT2D eigenvalue weighted by atomic mass is 16.6. The molecular formula is C23H19N5O6. The Hall–Kier alpha value is -4.80. The number of nitrogens with one attached hydrogen (secondary N) is 1. The molecule has 0 saturated carbocycles. The molecule has 2 aromatic heterocycles. The summed E-state index contributed by atoms with van der Waals surface area (Å²) in [6.45, 7) is 3.46. The van der Waals surface area contributed by atoms with Crippen molar-refractivity contribution in [2.45, 2.75) is 13.8 Å². The molecule has 1 aromatic carbocycles. The molecule has 0 spiro atoms. The predicted octanol–water partition coefficient (Wildman–Crippen LogP) is 3.07. The van der Waals surface area contributed by atoms with Gasteiger partial charge in [0.15, 0.2) is 0 Å². The molecule has 11 heteroatoms. The number of barbiturate groups is 1. The maximum Gasteiger partial charge on any atom is 0.335 e. The van der Waals surface area contributed by atoms with E-state index in [4.69, 9.17) is 4.74 Å². The minimum Gasteiger partial charge on any atom is -0.496 e. The van der Waals surface area contributed by atoms with E-state index in [0.29, 0.717) is 28.4 Å². The molecule has 0 bridgehead atoms. The van der Waals surface area contributed by atoms with E-state index in [1.54, 1.807) is 36.6 Å². The smallest absolute Gasteiger partial charge is 0.335 e. The maximum absolute atomic E-state index is 13.1. The van der Waals surface area contributed by atoms with Crippen molar-refractivity contribution < 1.29 is 24.0 Å². The van der Waals surface area contributed by atoms with Crippen molar-refractivity contribution in [2.75, 3.05) is 12.0 Å². The molecule has 0 unspecified atom stereocenters. The normalized spacial score (nSPS) is 15.0. The molecule has 3 aromatic rings. The summed E-state index contributed by atoms with van der Waals surface area (Å²) in [5, 5.41) is 13.8. The van der Waals surface area contributed by atoms with Crippen molar-refractivity contribution in [3.63, 3.8) is 0 Å². The van der Waals surface area contributed by atoms with E-state index in [0.717, 1.165) is 4.90 Å². The van der Waals surface area contributed by atoms with Gasteiger partial charge in [-0.3, -0.25) is 30.0 Å². The van der Waals surface area contributed by atoms with Gasteiger partial charge in [-0.25, -0.2) is 9.69 Å². The number of nitro benzene ring substituents is 1. The lowest BCUT2D eigenvalue weighted by molar-refractivity contribution is -0.384. The number of aromatic nitrogens is 2. The Morgan fingerprint density at radius 1 is 1.09 bits per heavy atom. The standard InChI is InChI=1S/C23H19N5O6/c1-13-10-15(14(2)26(13)19-5-4-17(34-3)12-20(19)28(32)33)11-18-21(29)25-23(31)27(22(18)30)16-6-8-24-9-7-16/h4-12H,1-3H3,(H,25,29,31)/b18-11+. The minimum atomic E-state index is -0.863. The molecule has 0 radical (unpaired) electrons. The third-order valence-corrected chi connectivity index (χ3v) is 5.41. The Bertz CT molecular complexity index is 1380. The number of benzene rings is 1. The summed E-state index contributed by atoms with van der Waals surface area (Å²) in [4.78, 5) is 53.8. The molecule has 1 saturated heterocycles. The number of imide groups is 2. The Balaban J connectivity index is 1.80. The molecular weight excluding hydrogens is 442 g/mol. The number of anilines is 1. The molecule has 1 aliphatic rings. The van der Waals surface area contributed by atoms with E-state index in [-0.39, 0.29) is 16.9 Å². The van der Waals surface area contributed by atoms with Crippen LogP contribution in [0.15, 0.2) is 54.4 Å². The topological polar surface area (TPSA) is 137 Å². The Morgan fingerprint density at radius 3 is 2.44 bits per heavy atom. The van der Waals surface area contributed by atoms with Gasteiger partial charge in [-0.15, -0.1) is 0 Å². The lowest BCUT2D eigenvalue weighted by Crippen LogP contribution is -2.54. The van der Waals surface area contributed by atoms with Gasteiger partial charge in [0, 0.05) is 23.8 Å². The van der Waals surface area contributed by atoms with Gasteiger partial charge in [-0.05, 0) is 55.8 Å². The number of amides is 4. The molecule has 4 amide bonds. The zero-order valence-corrected chi connectivity index (χ0v) is 18.4. The summed E-state index contributed by atoms with van der Waals surface area (Å²) >= 11 is 0. The number of ether oxygens (including phenoxy) is 1. The molecule has 34 heavy (non-hydrogen) atoms. The first kappa shape index (κ1) is 22.4. The van der Waals surface area contributed by atoms with E-state index >= 15 is 0 Å². The quantitative estimate of drug-likeness (QED) is 0.267. The van der Waals surface area contributed by atoms with Crippen LogP contribution in [0.4, 0.5) is 16.2 Å². The first-order chi connectivity index (χ1) is 16.2. The molecule has 1 N–H and O–H groups in total. The molecule has 0 aliphatic carbocycles. The van der Waals surface area contributed by atoms with Gasteiger partial charge < -0.3 is 9.30 Å². The van der Waals surface area contributed by atoms with Gasteiger partial charge >= 0.3 is 6.03 Å². The molecule has 0 atom stereocenters. The van der Waals surface area contributed by atoms with Crippen LogP contribution in [-0.4, -0.2) is 39.4 Å². The van der Waals surface area contributed by atoms with Crippen LogP contribution in [0.25, 0.3) is 11.8 Å². The number of rotatable bonds is 5. The first-order valence-electron chi connectivity index (χ1n) is 10.1. The number of urea groups is 1. The molecule has 4 rings (SSSR count). The summed E-state index contributed by atoms with van der Waals surface area (Å²) in [5.41, 5.74) is 1.84. The fraction of sp³-hybridized carbons (Fsp3) is 0.130. The fourth-order valence-corrected chi connectivity index (χ4v) is 3.81. The number of nitrogens with zero attached hydrogens (tertiary/aromatic N) is 4. The largest absolute Gasteiger partial charge is 0.496 e. The number of pyridine rings is 1. The number of carbonyl (C=O) groups excluding carboxylic acids is 3. The van der Waals surface area contributed by atoms with Crippen LogP contribution >= 0.6 is 0 Å². The van der Waals surface area contributed by atoms with Gasteiger partial charge in [0.2, 0.25) is 0 Å². The highest BCUT2D eigenvalue weighted by Gasteiger charge is 2.37. The third kappa shape index (κ3) is 3.79. The number of methoxy groups -OCH3 is 1. The fourth-order valence-electron chi connectivity index (χ4n) is 3.81. The summed E-state index contributed by atoms with van der Waals surface area (Å²) in [7, 11) is 1.42. The average Bonchev–Trinajstić information content (AvgIpc) is 3.09. The molecule has 11 nitrogen and oxygen atoms in total. The monoisotopic (exact) mass is 461 g/mol. The Kier molecular flexibility index (Phi) is 5.68. The van der Waals surface area contributed by atoms with E-state index < -0.39 is 22.8 Å². The summed E-state index contributed by atoms with van der Waals surface area (Å²) < 4.78 is 6.75. The number of nitro groups is 1. The third-order valence-electron chi connectivity index (χ3n) is 5.41. The van der Waals surface area contributed by atoms with Gasteiger partial charge in [0.05, 0.1) is 23.8 Å². The van der Waals surface area contributed by atoms with Crippen molar-refractivity contribution in [2.24, 2.45) is 0 Å². The van der Waals surface area contributed by atoms with E-state index in [9.17, 15) is 24.5 Å². The SMILES string of the molecule is COc1ccc(-n2c(C)cc(/C=C3\C(=O)NC(=O)N(c4ccncc4)C3=O)c2C)c([N+](=O)[O-])c1. The number of aryl methyl sites for hydroxylation is 1. The van der Waals surface area contributed by atoms with Gasteiger partial charge in [-0.1, -0.05) is 0 Å². The van der Waals surface area contributed by atoms with Crippen LogP contribution in [0.1, 0.15) is 17.0 Å².